The lowest BCUT2D eigenvalue weighted by Crippen LogP contribution is -2.24. The van der Waals surface area contributed by atoms with Gasteiger partial charge in [0, 0.05) is 13.1 Å². The molecule has 0 unspecified atom stereocenters. The Morgan fingerprint density at radius 1 is 1.27 bits per heavy atom. The summed E-state index contributed by atoms with van der Waals surface area (Å²) in [5.41, 5.74) is -0.573. The van der Waals surface area contributed by atoms with Gasteiger partial charge in [-0.25, -0.2) is 8.78 Å². The molecule has 0 saturated heterocycles. The topological polar surface area (TPSA) is 34.2 Å². The molecule has 0 aromatic carbocycles. The first kappa shape index (κ1) is 11.7. The zero-order valence-corrected chi connectivity index (χ0v) is 9.19. The molecule has 15 heavy (non-hydrogen) atoms. The largest absolute Gasteiger partial charge is 0.470 e. The molecular formula is C10H14F2N2O. The molecule has 3 nitrogen and oxygen atoms in total. The van der Waals surface area contributed by atoms with Gasteiger partial charge in [0.15, 0.2) is 17.5 Å². The van der Waals surface area contributed by atoms with E-state index in [1.807, 2.05) is 0 Å². The van der Waals surface area contributed by atoms with Gasteiger partial charge in [0.05, 0.1) is 0 Å². The predicted octanol–water partition coefficient (Wildman–Crippen LogP) is 2.58. The van der Waals surface area contributed by atoms with Crippen LogP contribution in [0.25, 0.3) is 0 Å². The molecule has 0 aliphatic carbocycles. The number of nitrogens with one attached hydrogen (secondary N) is 1. The Labute approximate surface area is 87.5 Å². The van der Waals surface area contributed by atoms with Crippen molar-refractivity contribution >= 4 is 5.82 Å². The first-order chi connectivity index (χ1) is 6.83. The Hall–Kier alpha value is -1.39. The molecule has 0 fully saturated rings. The van der Waals surface area contributed by atoms with Crippen LogP contribution in [-0.2, 0) is 0 Å². The lowest BCUT2D eigenvalue weighted by molar-refractivity contribution is 0.117. The monoisotopic (exact) mass is 216 g/mol. The van der Waals surface area contributed by atoms with Gasteiger partial charge in [-0.05, 0) is 20.8 Å². The highest BCUT2D eigenvalue weighted by Gasteiger charge is 2.18. The zero-order chi connectivity index (χ0) is 11.6. The van der Waals surface area contributed by atoms with Gasteiger partial charge in [-0.1, -0.05) is 0 Å². The van der Waals surface area contributed by atoms with E-state index in [-0.39, 0.29) is 11.7 Å². The number of anilines is 1. The Morgan fingerprint density at radius 3 is 2.33 bits per heavy atom. The van der Waals surface area contributed by atoms with Crippen LogP contribution in [0.4, 0.5) is 14.6 Å². The van der Waals surface area contributed by atoms with Crippen LogP contribution in [0.5, 0.6) is 5.88 Å². The molecule has 0 aliphatic heterocycles. The number of aromatic nitrogens is 1. The SMILES string of the molecule is CNc1nc(OC(C)(C)C)c(F)cc1F. The van der Waals surface area contributed by atoms with E-state index in [2.05, 4.69) is 10.3 Å². The highest BCUT2D eigenvalue weighted by atomic mass is 19.1. The van der Waals surface area contributed by atoms with Crippen molar-refractivity contribution in [3.63, 3.8) is 0 Å². The minimum Gasteiger partial charge on any atom is -0.470 e. The van der Waals surface area contributed by atoms with E-state index in [0.717, 1.165) is 6.07 Å². The van der Waals surface area contributed by atoms with Crippen molar-refractivity contribution in [2.24, 2.45) is 0 Å². The summed E-state index contributed by atoms with van der Waals surface area (Å²) in [6.45, 7) is 5.28. The number of pyridine rings is 1. The summed E-state index contributed by atoms with van der Waals surface area (Å²) < 4.78 is 31.5. The Kier molecular flexibility index (Phi) is 3.12. The van der Waals surface area contributed by atoms with Gasteiger partial charge in [0.2, 0.25) is 0 Å². The van der Waals surface area contributed by atoms with Crippen LogP contribution in [0.15, 0.2) is 6.07 Å². The van der Waals surface area contributed by atoms with Crippen LogP contribution in [0, 0.1) is 11.6 Å². The van der Waals surface area contributed by atoms with E-state index in [0.29, 0.717) is 0 Å². The summed E-state index contributed by atoms with van der Waals surface area (Å²) in [4.78, 5) is 3.69. The normalized spacial score (nSPS) is 11.3. The number of nitrogens with zero attached hydrogens (tertiary/aromatic N) is 1. The van der Waals surface area contributed by atoms with Gasteiger partial charge in [0.1, 0.15) is 5.60 Å². The molecule has 0 saturated carbocycles. The van der Waals surface area contributed by atoms with Crippen LogP contribution < -0.4 is 10.1 Å². The second-order valence-electron chi connectivity index (χ2n) is 4.07. The van der Waals surface area contributed by atoms with Gasteiger partial charge in [-0.3, -0.25) is 0 Å². The molecule has 1 heterocycles. The average molecular weight is 216 g/mol. The summed E-state index contributed by atoms with van der Waals surface area (Å²) in [5.74, 6) is -1.78. The minimum absolute atomic E-state index is 0.0318. The van der Waals surface area contributed by atoms with Gasteiger partial charge >= 0.3 is 0 Å². The summed E-state index contributed by atoms with van der Waals surface area (Å²) in [5, 5.41) is 2.52. The highest BCUT2D eigenvalue weighted by molar-refractivity contribution is 5.39. The quantitative estimate of drug-likeness (QED) is 0.825. The van der Waals surface area contributed by atoms with Gasteiger partial charge < -0.3 is 10.1 Å². The van der Waals surface area contributed by atoms with Crippen LogP contribution in [0.1, 0.15) is 20.8 Å². The fourth-order valence-electron chi connectivity index (χ4n) is 0.987. The molecule has 0 aliphatic rings. The molecule has 0 radical (unpaired) electrons. The first-order valence-electron chi connectivity index (χ1n) is 4.56. The number of hydrogen-bond acceptors (Lipinski definition) is 3. The molecule has 0 atom stereocenters. The molecule has 1 aromatic heterocycles. The Bertz CT molecular complexity index is 361. The Morgan fingerprint density at radius 2 is 1.87 bits per heavy atom. The molecule has 0 amide bonds. The van der Waals surface area contributed by atoms with Gasteiger partial charge in [0.25, 0.3) is 5.88 Å². The van der Waals surface area contributed by atoms with Crippen molar-refractivity contribution in [1.82, 2.24) is 4.98 Å². The van der Waals surface area contributed by atoms with E-state index < -0.39 is 17.2 Å². The van der Waals surface area contributed by atoms with E-state index in [4.69, 9.17) is 4.74 Å². The van der Waals surface area contributed by atoms with Crippen molar-refractivity contribution in [1.29, 1.82) is 0 Å². The second kappa shape index (κ2) is 4.00. The van der Waals surface area contributed by atoms with Gasteiger partial charge in [-0.15, -0.1) is 0 Å². The maximum atomic E-state index is 13.2. The molecule has 0 bridgehead atoms. The van der Waals surface area contributed by atoms with Crippen LogP contribution in [0.3, 0.4) is 0 Å². The summed E-state index contributed by atoms with van der Waals surface area (Å²) in [6, 6.07) is 0.750. The smallest absolute Gasteiger partial charge is 0.253 e. The molecule has 1 N–H and O–H groups in total. The summed E-state index contributed by atoms with van der Waals surface area (Å²) >= 11 is 0. The average Bonchev–Trinajstić information content (AvgIpc) is 2.07. The lowest BCUT2D eigenvalue weighted by atomic mass is 10.2. The van der Waals surface area contributed by atoms with E-state index >= 15 is 0 Å². The maximum absolute atomic E-state index is 13.2. The van der Waals surface area contributed by atoms with Crippen molar-refractivity contribution in [2.45, 2.75) is 26.4 Å². The number of ether oxygens (including phenoxy) is 1. The van der Waals surface area contributed by atoms with E-state index in [9.17, 15) is 8.78 Å². The van der Waals surface area contributed by atoms with Crippen molar-refractivity contribution in [3.8, 4) is 5.88 Å². The van der Waals surface area contributed by atoms with E-state index in [1.165, 1.54) is 7.05 Å². The first-order valence-corrected chi connectivity index (χ1v) is 4.56. The summed E-state index contributed by atoms with van der Waals surface area (Å²) in [6.07, 6.45) is 0. The second-order valence-corrected chi connectivity index (χ2v) is 4.07. The van der Waals surface area contributed by atoms with Crippen LogP contribution in [-0.4, -0.2) is 17.6 Å². The zero-order valence-electron chi connectivity index (χ0n) is 9.19. The third kappa shape index (κ3) is 3.04. The molecular weight excluding hydrogens is 202 g/mol. The third-order valence-electron chi connectivity index (χ3n) is 1.54. The lowest BCUT2D eigenvalue weighted by Gasteiger charge is -2.21. The number of hydrogen-bond donors (Lipinski definition) is 1. The molecule has 0 spiro atoms. The van der Waals surface area contributed by atoms with Crippen molar-refractivity contribution < 1.29 is 13.5 Å². The van der Waals surface area contributed by atoms with Crippen molar-refractivity contribution in [3.05, 3.63) is 17.7 Å². The number of rotatable bonds is 2. The number of halogens is 2. The summed E-state index contributed by atoms with van der Waals surface area (Å²) in [7, 11) is 1.50. The molecule has 5 heteroatoms. The fraction of sp³-hybridized carbons (Fsp3) is 0.500. The van der Waals surface area contributed by atoms with Crippen LogP contribution >= 0.6 is 0 Å². The fourth-order valence-corrected chi connectivity index (χ4v) is 0.987. The van der Waals surface area contributed by atoms with E-state index in [1.54, 1.807) is 20.8 Å². The highest BCUT2D eigenvalue weighted by Crippen LogP contribution is 2.23. The molecule has 84 valence electrons. The third-order valence-corrected chi connectivity index (χ3v) is 1.54. The van der Waals surface area contributed by atoms with Crippen LogP contribution in [0.2, 0.25) is 0 Å². The maximum Gasteiger partial charge on any atom is 0.253 e. The predicted molar refractivity (Wildman–Crippen MR) is 54.1 cm³/mol. The minimum atomic E-state index is -0.804. The standard InChI is InChI=1S/C10H14F2N2O/c1-10(2,3)15-9-7(12)5-6(11)8(13-4)14-9/h5H,1-4H3,(H,13,14). The Balaban J connectivity index is 3.08. The van der Waals surface area contributed by atoms with Crippen molar-refractivity contribution in [2.75, 3.05) is 12.4 Å². The van der Waals surface area contributed by atoms with Gasteiger partial charge in [-0.2, -0.15) is 4.98 Å². The molecule has 1 rings (SSSR count). The molecule has 1 aromatic rings.